The van der Waals surface area contributed by atoms with E-state index < -0.39 is 0 Å². The molecule has 19 heavy (non-hydrogen) atoms. The monoisotopic (exact) mass is 281 g/mol. The average molecular weight is 282 g/mol. The molecule has 1 aromatic carbocycles. The van der Waals surface area contributed by atoms with E-state index in [0.29, 0.717) is 16.6 Å². The Morgan fingerprint density at radius 2 is 2.21 bits per heavy atom. The number of nitrogens with zero attached hydrogens (tertiary/aromatic N) is 2. The first-order valence-electron chi connectivity index (χ1n) is 6.43. The van der Waals surface area contributed by atoms with Gasteiger partial charge in [-0.15, -0.1) is 0 Å². The number of hydrogen-bond acceptors (Lipinski definition) is 3. The van der Waals surface area contributed by atoms with E-state index in [1.807, 2.05) is 12.1 Å². The molecule has 1 saturated heterocycles. The molecule has 0 bridgehead atoms. The van der Waals surface area contributed by atoms with Crippen molar-refractivity contribution in [1.82, 2.24) is 9.80 Å². The molecule has 0 spiro atoms. The Hall–Kier alpha value is -1.26. The van der Waals surface area contributed by atoms with Crippen LogP contribution in [0.5, 0.6) is 0 Å². The van der Waals surface area contributed by atoms with Crippen LogP contribution in [0.4, 0.5) is 5.69 Å². The highest BCUT2D eigenvalue weighted by molar-refractivity contribution is 6.34. The number of anilines is 1. The molecule has 4 nitrogen and oxygen atoms in total. The molecular weight excluding hydrogens is 262 g/mol. The van der Waals surface area contributed by atoms with Crippen molar-refractivity contribution >= 4 is 23.2 Å². The van der Waals surface area contributed by atoms with Crippen molar-refractivity contribution in [3.05, 3.63) is 28.8 Å². The third kappa shape index (κ3) is 3.39. The summed E-state index contributed by atoms with van der Waals surface area (Å²) in [5, 5.41) is 3.95. The van der Waals surface area contributed by atoms with Crippen LogP contribution in [0.25, 0.3) is 0 Å². The van der Waals surface area contributed by atoms with Crippen molar-refractivity contribution in [2.45, 2.75) is 12.5 Å². The maximum Gasteiger partial charge on any atom is 0.254 e. The molecule has 0 aromatic heterocycles. The van der Waals surface area contributed by atoms with E-state index in [4.69, 9.17) is 11.6 Å². The summed E-state index contributed by atoms with van der Waals surface area (Å²) in [5.41, 5.74) is 1.50. The second-order valence-electron chi connectivity index (χ2n) is 5.29. The quantitative estimate of drug-likeness (QED) is 0.922. The van der Waals surface area contributed by atoms with E-state index in [0.717, 1.165) is 25.2 Å². The second-order valence-corrected chi connectivity index (χ2v) is 5.69. The van der Waals surface area contributed by atoms with Crippen LogP contribution in [0.15, 0.2) is 18.2 Å². The molecule has 2 rings (SSSR count). The molecule has 104 valence electrons. The number of nitrogens with one attached hydrogen (secondary N) is 1. The number of hydrogen-bond donors (Lipinski definition) is 1. The Morgan fingerprint density at radius 3 is 2.79 bits per heavy atom. The molecule has 1 atom stereocenters. The Morgan fingerprint density at radius 1 is 1.47 bits per heavy atom. The Kier molecular flexibility index (Phi) is 4.32. The van der Waals surface area contributed by atoms with Crippen molar-refractivity contribution in [2.24, 2.45) is 0 Å². The lowest BCUT2D eigenvalue weighted by atomic mass is 10.1. The van der Waals surface area contributed by atoms with Gasteiger partial charge in [0.05, 0.1) is 10.6 Å². The SMILES string of the molecule is CN1CCC(Nc2ccc(Cl)c(C(=O)N(C)C)c2)C1. The summed E-state index contributed by atoms with van der Waals surface area (Å²) in [4.78, 5) is 15.8. The molecule has 0 saturated carbocycles. The van der Waals surface area contributed by atoms with E-state index in [9.17, 15) is 4.79 Å². The van der Waals surface area contributed by atoms with Gasteiger partial charge >= 0.3 is 0 Å². The third-order valence-electron chi connectivity index (χ3n) is 3.37. The van der Waals surface area contributed by atoms with Gasteiger partial charge in [0.25, 0.3) is 5.91 Å². The number of carbonyl (C=O) groups excluding carboxylic acids is 1. The Balaban J connectivity index is 2.14. The van der Waals surface area contributed by atoms with Crippen LogP contribution in [-0.2, 0) is 0 Å². The van der Waals surface area contributed by atoms with Crippen LogP contribution < -0.4 is 5.32 Å². The number of likely N-dealkylation sites (tertiary alicyclic amines) is 1. The van der Waals surface area contributed by atoms with Gasteiger partial charge in [-0.2, -0.15) is 0 Å². The van der Waals surface area contributed by atoms with E-state index in [1.165, 1.54) is 4.90 Å². The lowest BCUT2D eigenvalue weighted by Gasteiger charge is -2.17. The molecule has 5 heteroatoms. The highest BCUT2D eigenvalue weighted by atomic mass is 35.5. The summed E-state index contributed by atoms with van der Waals surface area (Å²) in [6.07, 6.45) is 1.12. The molecule has 0 radical (unpaired) electrons. The summed E-state index contributed by atoms with van der Waals surface area (Å²) in [6, 6.07) is 5.98. The lowest BCUT2D eigenvalue weighted by molar-refractivity contribution is 0.0828. The average Bonchev–Trinajstić information content (AvgIpc) is 2.76. The number of likely N-dealkylation sites (N-methyl/N-ethyl adjacent to an activating group) is 1. The van der Waals surface area contributed by atoms with E-state index in [-0.39, 0.29) is 5.91 Å². The molecule has 1 N–H and O–H groups in total. The van der Waals surface area contributed by atoms with Gasteiger partial charge in [-0.25, -0.2) is 0 Å². The normalized spacial score (nSPS) is 19.5. The summed E-state index contributed by atoms with van der Waals surface area (Å²) in [7, 11) is 5.57. The van der Waals surface area contributed by atoms with Crippen molar-refractivity contribution < 1.29 is 4.79 Å². The van der Waals surface area contributed by atoms with Crippen molar-refractivity contribution in [1.29, 1.82) is 0 Å². The van der Waals surface area contributed by atoms with Crippen LogP contribution in [0, 0.1) is 0 Å². The van der Waals surface area contributed by atoms with Crippen LogP contribution in [-0.4, -0.2) is 56.0 Å². The van der Waals surface area contributed by atoms with E-state index in [1.54, 1.807) is 20.2 Å². The minimum Gasteiger partial charge on any atom is -0.381 e. The number of benzene rings is 1. The van der Waals surface area contributed by atoms with Crippen LogP contribution >= 0.6 is 11.6 Å². The molecule has 1 aromatic rings. The van der Waals surface area contributed by atoms with Gasteiger partial charge in [0.15, 0.2) is 0 Å². The molecular formula is C14H20ClN3O. The predicted molar refractivity (Wildman–Crippen MR) is 79.0 cm³/mol. The zero-order chi connectivity index (χ0) is 14.0. The number of rotatable bonds is 3. The fourth-order valence-corrected chi connectivity index (χ4v) is 2.51. The van der Waals surface area contributed by atoms with Crippen molar-refractivity contribution in [3.63, 3.8) is 0 Å². The molecule has 1 fully saturated rings. The fraction of sp³-hybridized carbons (Fsp3) is 0.500. The van der Waals surface area contributed by atoms with Crippen molar-refractivity contribution in [3.8, 4) is 0 Å². The minimum absolute atomic E-state index is 0.0720. The number of amides is 1. The van der Waals surface area contributed by atoms with Gasteiger partial charge in [-0.05, 0) is 38.2 Å². The van der Waals surface area contributed by atoms with Gasteiger partial charge in [0, 0.05) is 32.4 Å². The Labute approximate surface area is 119 Å². The molecule has 1 unspecified atom stereocenters. The lowest BCUT2D eigenvalue weighted by Crippen LogP contribution is -2.24. The maximum atomic E-state index is 12.0. The Bertz CT molecular complexity index is 476. The first kappa shape index (κ1) is 14.2. The second kappa shape index (κ2) is 5.80. The molecule has 1 aliphatic rings. The minimum atomic E-state index is -0.0720. The third-order valence-corrected chi connectivity index (χ3v) is 3.69. The van der Waals surface area contributed by atoms with Crippen molar-refractivity contribution in [2.75, 3.05) is 39.5 Å². The predicted octanol–water partition coefficient (Wildman–Crippen LogP) is 2.16. The zero-order valence-corrected chi connectivity index (χ0v) is 12.4. The van der Waals surface area contributed by atoms with Gasteiger partial charge in [-0.1, -0.05) is 11.6 Å². The highest BCUT2D eigenvalue weighted by Crippen LogP contribution is 2.23. The van der Waals surface area contributed by atoms with Gasteiger partial charge in [-0.3, -0.25) is 4.79 Å². The molecule has 1 amide bonds. The summed E-state index contributed by atoms with van der Waals surface area (Å²) in [5.74, 6) is -0.0720. The van der Waals surface area contributed by atoms with Crippen LogP contribution in [0.1, 0.15) is 16.8 Å². The summed E-state index contributed by atoms with van der Waals surface area (Å²) < 4.78 is 0. The van der Waals surface area contributed by atoms with Gasteiger partial charge in [0.2, 0.25) is 0 Å². The largest absolute Gasteiger partial charge is 0.381 e. The molecule has 1 heterocycles. The number of carbonyl (C=O) groups is 1. The van der Waals surface area contributed by atoms with E-state index >= 15 is 0 Å². The topological polar surface area (TPSA) is 35.6 Å². The first-order valence-corrected chi connectivity index (χ1v) is 6.81. The summed E-state index contributed by atoms with van der Waals surface area (Å²) in [6.45, 7) is 2.13. The van der Waals surface area contributed by atoms with Gasteiger partial charge in [0.1, 0.15) is 0 Å². The first-order chi connectivity index (χ1) is 8.97. The van der Waals surface area contributed by atoms with Crippen LogP contribution in [0.2, 0.25) is 5.02 Å². The smallest absolute Gasteiger partial charge is 0.254 e. The number of halogens is 1. The van der Waals surface area contributed by atoms with E-state index in [2.05, 4.69) is 17.3 Å². The van der Waals surface area contributed by atoms with Gasteiger partial charge < -0.3 is 15.1 Å². The fourth-order valence-electron chi connectivity index (χ4n) is 2.31. The standard InChI is InChI=1S/C14H20ClN3O/c1-17(2)14(19)12-8-10(4-5-13(12)15)16-11-6-7-18(3)9-11/h4-5,8,11,16H,6-7,9H2,1-3H3. The zero-order valence-electron chi connectivity index (χ0n) is 11.6. The molecule has 0 aliphatic carbocycles. The highest BCUT2D eigenvalue weighted by Gasteiger charge is 2.20. The maximum absolute atomic E-state index is 12.0. The van der Waals surface area contributed by atoms with Crippen LogP contribution in [0.3, 0.4) is 0 Å². The summed E-state index contributed by atoms with van der Waals surface area (Å²) >= 11 is 6.09. The molecule has 1 aliphatic heterocycles.